The standard InChI is InChI=1S/C46H32N2/c1-3-15-27(16-4-1)47-45-41-37-29-19-7-11-23-33(29)39(34-24-12-8-20-30(34)37)43(41)46(48-28-17-5-2-6-18-28)44-40-35-25-13-9-21-31(35)38(42(44)45)32-22-10-14-26-36(32)40/h1-26,37-40,47-48H. The predicted molar refractivity (Wildman–Crippen MR) is 195 cm³/mol. The Kier molecular flexibility index (Phi) is 5.37. The van der Waals surface area contributed by atoms with Gasteiger partial charge in [-0.2, -0.15) is 0 Å². The minimum atomic E-state index is 0.121. The van der Waals surface area contributed by atoms with Crippen molar-refractivity contribution in [2.24, 2.45) is 0 Å². The quantitative estimate of drug-likeness (QED) is 0.207. The second kappa shape index (κ2) is 9.82. The normalized spacial score (nSPS) is 19.7. The molecule has 2 nitrogen and oxygen atoms in total. The lowest BCUT2D eigenvalue weighted by atomic mass is 9.55. The molecule has 0 saturated carbocycles. The highest BCUT2D eigenvalue weighted by Crippen LogP contribution is 2.67. The van der Waals surface area contributed by atoms with Gasteiger partial charge < -0.3 is 10.6 Å². The molecule has 4 bridgehead atoms. The molecule has 0 atom stereocenters. The zero-order valence-electron chi connectivity index (χ0n) is 26.3. The average Bonchev–Trinajstić information content (AvgIpc) is 3.16. The van der Waals surface area contributed by atoms with Gasteiger partial charge in [-0.3, -0.25) is 0 Å². The van der Waals surface area contributed by atoms with Crippen molar-refractivity contribution in [2.45, 2.75) is 23.7 Å². The van der Waals surface area contributed by atoms with Gasteiger partial charge in [0.1, 0.15) is 0 Å². The summed E-state index contributed by atoms with van der Waals surface area (Å²) in [5.74, 6) is 0.486. The van der Waals surface area contributed by atoms with E-state index in [1.807, 2.05) is 0 Å². The Bertz CT molecular complexity index is 2030. The molecule has 0 aromatic heterocycles. The van der Waals surface area contributed by atoms with Gasteiger partial charge in [-0.25, -0.2) is 0 Å². The zero-order valence-corrected chi connectivity index (χ0v) is 26.3. The van der Waals surface area contributed by atoms with Gasteiger partial charge in [-0.15, -0.1) is 0 Å². The number of hydrogen-bond acceptors (Lipinski definition) is 2. The van der Waals surface area contributed by atoms with Gasteiger partial charge in [0.15, 0.2) is 0 Å². The van der Waals surface area contributed by atoms with E-state index in [1.165, 1.54) is 78.1 Å². The molecule has 0 amide bonds. The van der Waals surface area contributed by atoms with E-state index >= 15 is 0 Å². The Morgan fingerprint density at radius 3 is 0.688 bits per heavy atom. The van der Waals surface area contributed by atoms with Gasteiger partial charge in [0.2, 0.25) is 0 Å². The van der Waals surface area contributed by atoms with E-state index in [-0.39, 0.29) is 23.7 Å². The van der Waals surface area contributed by atoms with Crippen LogP contribution in [-0.2, 0) is 0 Å². The molecule has 13 rings (SSSR count). The van der Waals surface area contributed by atoms with Crippen molar-refractivity contribution < 1.29 is 0 Å². The lowest BCUT2D eigenvalue weighted by Gasteiger charge is -2.50. The highest BCUT2D eigenvalue weighted by molar-refractivity contribution is 5.92. The molecule has 6 aliphatic carbocycles. The van der Waals surface area contributed by atoms with Crippen LogP contribution < -0.4 is 10.6 Å². The fourth-order valence-corrected chi connectivity index (χ4v) is 9.69. The number of para-hydroxylation sites is 2. The third kappa shape index (κ3) is 3.42. The first-order chi connectivity index (χ1) is 23.9. The Hall–Kier alpha value is -5.86. The SMILES string of the molecule is c1ccc(Nc2c3c(c(Nc4ccccc4)c4c2C2c5ccccc5C4c4ccccc42)C2c4ccccc4C3c3ccccc32)cc1. The van der Waals surface area contributed by atoms with Gasteiger partial charge in [0.05, 0.1) is 0 Å². The minimum absolute atomic E-state index is 0.121. The monoisotopic (exact) mass is 612 g/mol. The van der Waals surface area contributed by atoms with Crippen molar-refractivity contribution in [3.8, 4) is 0 Å². The molecule has 0 heterocycles. The number of rotatable bonds is 4. The largest absolute Gasteiger partial charge is 0.355 e. The number of anilines is 4. The molecule has 7 aromatic rings. The van der Waals surface area contributed by atoms with E-state index in [0.29, 0.717) is 0 Å². The summed E-state index contributed by atoms with van der Waals surface area (Å²) in [6, 6.07) is 58.4. The summed E-state index contributed by atoms with van der Waals surface area (Å²) in [5.41, 5.74) is 21.9. The van der Waals surface area contributed by atoms with Crippen molar-refractivity contribution in [3.05, 3.63) is 224 Å². The van der Waals surface area contributed by atoms with Crippen LogP contribution in [0.3, 0.4) is 0 Å². The Balaban J connectivity index is 1.32. The van der Waals surface area contributed by atoms with E-state index in [4.69, 9.17) is 0 Å². The second-order valence-corrected chi connectivity index (χ2v) is 13.6. The van der Waals surface area contributed by atoms with E-state index in [2.05, 4.69) is 168 Å². The molecule has 2 N–H and O–H groups in total. The molecule has 0 spiro atoms. The molecule has 0 aliphatic heterocycles. The third-order valence-electron chi connectivity index (χ3n) is 11.4. The molecule has 0 fully saturated rings. The molecule has 0 saturated heterocycles. The van der Waals surface area contributed by atoms with Crippen molar-refractivity contribution in [3.63, 3.8) is 0 Å². The topological polar surface area (TPSA) is 24.1 Å². The van der Waals surface area contributed by atoms with Crippen LogP contribution in [0.4, 0.5) is 22.7 Å². The minimum Gasteiger partial charge on any atom is -0.355 e. The smallest absolute Gasteiger partial charge is 0.0476 e. The van der Waals surface area contributed by atoms with Crippen molar-refractivity contribution >= 4 is 22.7 Å². The van der Waals surface area contributed by atoms with Gasteiger partial charge in [-0.05, 0) is 91.0 Å². The van der Waals surface area contributed by atoms with Gasteiger partial charge >= 0.3 is 0 Å². The predicted octanol–water partition coefficient (Wildman–Crippen LogP) is 11.1. The molecule has 7 aromatic carbocycles. The molecule has 2 heteroatoms. The maximum Gasteiger partial charge on any atom is 0.0476 e. The molecule has 0 unspecified atom stereocenters. The van der Waals surface area contributed by atoms with Gasteiger partial charge in [-0.1, -0.05) is 133 Å². The summed E-state index contributed by atoms with van der Waals surface area (Å²) in [4.78, 5) is 0. The van der Waals surface area contributed by atoms with E-state index < -0.39 is 0 Å². The summed E-state index contributed by atoms with van der Waals surface area (Å²) in [6.45, 7) is 0. The molecule has 48 heavy (non-hydrogen) atoms. The Morgan fingerprint density at radius 2 is 0.458 bits per heavy atom. The number of hydrogen-bond donors (Lipinski definition) is 2. The molecule has 226 valence electrons. The van der Waals surface area contributed by atoms with E-state index in [9.17, 15) is 0 Å². The lowest BCUT2D eigenvalue weighted by Crippen LogP contribution is -2.34. The van der Waals surface area contributed by atoms with Crippen LogP contribution in [0.1, 0.15) is 90.4 Å². The van der Waals surface area contributed by atoms with E-state index in [1.54, 1.807) is 0 Å². The van der Waals surface area contributed by atoms with Crippen LogP contribution >= 0.6 is 0 Å². The van der Waals surface area contributed by atoms with Crippen LogP contribution in [0.2, 0.25) is 0 Å². The van der Waals surface area contributed by atoms with Crippen LogP contribution in [0.25, 0.3) is 0 Å². The maximum atomic E-state index is 4.12. The van der Waals surface area contributed by atoms with Crippen LogP contribution in [0.15, 0.2) is 158 Å². The van der Waals surface area contributed by atoms with Crippen molar-refractivity contribution in [1.82, 2.24) is 0 Å². The summed E-state index contributed by atoms with van der Waals surface area (Å²) in [6.07, 6.45) is 0. The second-order valence-electron chi connectivity index (χ2n) is 13.6. The van der Waals surface area contributed by atoms with Crippen molar-refractivity contribution in [2.75, 3.05) is 10.6 Å². The van der Waals surface area contributed by atoms with Gasteiger partial charge in [0.25, 0.3) is 0 Å². The molecular weight excluding hydrogens is 581 g/mol. The van der Waals surface area contributed by atoms with Gasteiger partial charge in [0, 0.05) is 46.4 Å². The molecular formula is C46H32N2. The third-order valence-corrected chi connectivity index (χ3v) is 11.4. The first-order valence-corrected chi connectivity index (χ1v) is 17.1. The summed E-state index contributed by atoms with van der Waals surface area (Å²) in [5, 5.41) is 8.23. The van der Waals surface area contributed by atoms with E-state index in [0.717, 1.165) is 11.4 Å². The summed E-state index contributed by atoms with van der Waals surface area (Å²) < 4.78 is 0. The first-order valence-electron chi connectivity index (χ1n) is 17.1. The summed E-state index contributed by atoms with van der Waals surface area (Å²) >= 11 is 0. The maximum absolute atomic E-state index is 4.12. The Labute approximate surface area is 280 Å². The fraction of sp³-hybridized carbons (Fsp3) is 0.0870. The average molecular weight is 613 g/mol. The number of nitrogens with one attached hydrogen (secondary N) is 2. The fourth-order valence-electron chi connectivity index (χ4n) is 9.69. The summed E-state index contributed by atoms with van der Waals surface area (Å²) in [7, 11) is 0. The van der Waals surface area contributed by atoms with Crippen molar-refractivity contribution in [1.29, 1.82) is 0 Å². The highest BCUT2D eigenvalue weighted by atomic mass is 14.9. The lowest BCUT2D eigenvalue weighted by molar-refractivity contribution is 0.723. The van der Waals surface area contributed by atoms with Crippen LogP contribution in [-0.4, -0.2) is 0 Å². The van der Waals surface area contributed by atoms with Crippen LogP contribution in [0.5, 0.6) is 0 Å². The molecule has 6 aliphatic rings. The highest BCUT2D eigenvalue weighted by Gasteiger charge is 2.50. The zero-order chi connectivity index (χ0) is 31.3. The Morgan fingerprint density at radius 1 is 0.250 bits per heavy atom. The van der Waals surface area contributed by atoms with Crippen LogP contribution in [0, 0.1) is 0 Å². The molecule has 0 radical (unpaired) electrons. The number of benzene rings is 7. The first kappa shape index (κ1) is 26.2.